The summed E-state index contributed by atoms with van der Waals surface area (Å²) in [6, 6.07) is 12.9. The fourth-order valence-corrected chi connectivity index (χ4v) is 4.42. The van der Waals surface area contributed by atoms with Crippen molar-refractivity contribution in [1.29, 1.82) is 0 Å². The van der Waals surface area contributed by atoms with Crippen molar-refractivity contribution >= 4 is 15.9 Å². The van der Waals surface area contributed by atoms with Crippen LogP contribution < -0.4 is 14.8 Å². The highest BCUT2D eigenvalue weighted by atomic mass is 32.2. The number of para-hydroxylation sites is 2. The van der Waals surface area contributed by atoms with Gasteiger partial charge in [-0.15, -0.1) is 0 Å². The number of carbonyl (C=O) groups excluding carboxylic acids is 1. The number of nitrogens with one attached hydrogen (secondary N) is 1. The number of ether oxygens (including phenoxy) is 3. The van der Waals surface area contributed by atoms with E-state index in [-0.39, 0.29) is 23.5 Å². The lowest BCUT2D eigenvalue weighted by Crippen LogP contribution is -2.40. The molecule has 0 bridgehead atoms. The predicted octanol–water partition coefficient (Wildman–Crippen LogP) is 1.91. The van der Waals surface area contributed by atoms with Crippen LogP contribution in [0.5, 0.6) is 11.5 Å². The molecule has 1 aliphatic heterocycles. The van der Waals surface area contributed by atoms with Crippen LogP contribution in [0.15, 0.2) is 53.4 Å². The molecule has 0 radical (unpaired) electrons. The van der Waals surface area contributed by atoms with Gasteiger partial charge in [-0.2, -0.15) is 4.31 Å². The molecule has 1 unspecified atom stereocenters. The van der Waals surface area contributed by atoms with Gasteiger partial charge in [0.1, 0.15) is 6.61 Å². The molecule has 1 fully saturated rings. The van der Waals surface area contributed by atoms with E-state index in [4.69, 9.17) is 14.2 Å². The normalized spacial score (nSPS) is 15.9. The zero-order chi connectivity index (χ0) is 21.6. The molecule has 1 atom stereocenters. The third kappa shape index (κ3) is 5.29. The van der Waals surface area contributed by atoms with Gasteiger partial charge in [0, 0.05) is 18.7 Å². The number of methoxy groups -OCH3 is 1. The highest BCUT2D eigenvalue weighted by molar-refractivity contribution is 7.89. The van der Waals surface area contributed by atoms with Gasteiger partial charge in [-0.3, -0.25) is 4.79 Å². The van der Waals surface area contributed by atoms with Crippen molar-refractivity contribution in [3.8, 4) is 11.5 Å². The summed E-state index contributed by atoms with van der Waals surface area (Å²) in [7, 11) is -2.02. The molecule has 162 valence electrons. The minimum absolute atomic E-state index is 0.161. The Hall–Kier alpha value is -2.62. The number of amides is 1. The third-order valence-electron chi connectivity index (χ3n) is 4.66. The van der Waals surface area contributed by atoms with Crippen LogP contribution in [0.4, 0.5) is 0 Å². The molecule has 0 spiro atoms. The van der Waals surface area contributed by atoms with Crippen molar-refractivity contribution in [2.24, 2.45) is 0 Å². The number of hydrogen-bond donors (Lipinski definition) is 1. The summed E-state index contributed by atoms with van der Waals surface area (Å²) in [5.41, 5.74) is 0.375. The molecule has 9 heteroatoms. The van der Waals surface area contributed by atoms with Crippen molar-refractivity contribution in [2.75, 3.05) is 40.0 Å². The third-order valence-corrected chi connectivity index (χ3v) is 6.57. The summed E-state index contributed by atoms with van der Waals surface area (Å²) in [5, 5.41) is 2.84. The fraction of sp³-hybridized carbons (Fsp3) is 0.381. The minimum atomic E-state index is -3.58. The van der Waals surface area contributed by atoms with Crippen molar-refractivity contribution in [1.82, 2.24) is 9.62 Å². The first-order chi connectivity index (χ1) is 14.4. The lowest BCUT2D eigenvalue weighted by Gasteiger charge is -2.26. The van der Waals surface area contributed by atoms with E-state index in [1.807, 2.05) is 19.1 Å². The Labute approximate surface area is 176 Å². The maximum absolute atomic E-state index is 12.7. The average Bonchev–Trinajstić information content (AvgIpc) is 2.78. The largest absolute Gasteiger partial charge is 0.493 e. The molecular weight excluding hydrogens is 408 g/mol. The zero-order valence-electron chi connectivity index (χ0n) is 17.0. The van der Waals surface area contributed by atoms with Crippen molar-refractivity contribution < 1.29 is 27.4 Å². The predicted molar refractivity (Wildman–Crippen MR) is 111 cm³/mol. The number of morpholine rings is 1. The standard InChI is InChI=1S/C21H26N2O6S/c1-16(15-29-20-6-4-3-5-19(20)27-2)22-21(24)17-7-9-18(10-8-17)30(25,26)23-11-13-28-14-12-23/h3-10,16H,11-15H2,1-2H3,(H,22,24). The van der Waals surface area contributed by atoms with Crippen LogP contribution >= 0.6 is 0 Å². The molecule has 1 saturated heterocycles. The molecule has 8 nitrogen and oxygen atoms in total. The SMILES string of the molecule is COc1ccccc1OCC(C)NC(=O)c1ccc(S(=O)(=O)N2CCOCC2)cc1. The van der Waals surface area contributed by atoms with Gasteiger partial charge in [-0.25, -0.2) is 8.42 Å². The van der Waals surface area contributed by atoms with E-state index in [1.165, 1.54) is 28.6 Å². The number of rotatable bonds is 8. The van der Waals surface area contributed by atoms with Crippen LogP contribution in [0.2, 0.25) is 0 Å². The summed E-state index contributed by atoms with van der Waals surface area (Å²) in [4.78, 5) is 12.6. The molecule has 2 aromatic rings. The zero-order valence-corrected chi connectivity index (χ0v) is 17.9. The second-order valence-corrected chi connectivity index (χ2v) is 8.82. The lowest BCUT2D eigenvalue weighted by molar-refractivity contribution is 0.0730. The van der Waals surface area contributed by atoms with Crippen molar-refractivity contribution in [2.45, 2.75) is 17.9 Å². The summed E-state index contributed by atoms with van der Waals surface area (Å²) >= 11 is 0. The quantitative estimate of drug-likeness (QED) is 0.682. The lowest BCUT2D eigenvalue weighted by atomic mass is 10.2. The van der Waals surface area contributed by atoms with Gasteiger partial charge < -0.3 is 19.5 Å². The van der Waals surface area contributed by atoms with Crippen LogP contribution in [0.25, 0.3) is 0 Å². The Bertz CT molecular complexity index is 956. The van der Waals surface area contributed by atoms with Crippen molar-refractivity contribution in [3.05, 3.63) is 54.1 Å². The monoisotopic (exact) mass is 434 g/mol. The number of sulfonamides is 1. The van der Waals surface area contributed by atoms with E-state index in [9.17, 15) is 13.2 Å². The molecule has 1 N–H and O–H groups in total. The van der Waals surface area contributed by atoms with Gasteiger partial charge in [-0.05, 0) is 43.3 Å². The highest BCUT2D eigenvalue weighted by Gasteiger charge is 2.26. The molecule has 1 aliphatic rings. The Morgan fingerprint density at radius 3 is 2.37 bits per heavy atom. The number of hydrogen-bond acceptors (Lipinski definition) is 6. The summed E-state index contributed by atoms with van der Waals surface area (Å²) in [6.07, 6.45) is 0. The molecule has 0 saturated carbocycles. The first-order valence-electron chi connectivity index (χ1n) is 9.66. The van der Waals surface area contributed by atoms with E-state index < -0.39 is 10.0 Å². The molecule has 2 aromatic carbocycles. The number of benzene rings is 2. The minimum Gasteiger partial charge on any atom is -0.493 e. The Balaban J connectivity index is 1.57. The Morgan fingerprint density at radius 2 is 1.73 bits per heavy atom. The molecule has 1 heterocycles. The first-order valence-corrected chi connectivity index (χ1v) is 11.1. The second kappa shape index (κ2) is 9.92. The maximum Gasteiger partial charge on any atom is 0.251 e. The van der Waals surface area contributed by atoms with Gasteiger partial charge in [0.25, 0.3) is 5.91 Å². The average molecular weight is 435 g/mol. The number of carbonyl (C=O) groups is 1. The molecule has 30 heavy (non-hydrogen) atoms. The Kier molecular flexibility index (Phi) is 7.30. The molecular formula is C21H26N2O6S. The van der Waals surface area contributed by atoms with Crippen LogP contribution in [0, 0.1) is 0 Å². The van der Waals surface area contributed by atoms with Gasteiger partial charge in [0.2, 0.25) is 10.0 Å². The van der Waals surface area contributed by atoms with Crippen LogP contribution in [-0.2, 0) is 14.8 Å². The van der Waals surface area contributed by atoms with E-state index >= 15 is 0 Å². The maximum atomic E-state index is 12.7. The smallest absolute Gasteiger partial charge is 0.251 e. The van der Waals surface area contributed by atoms with E-state index in [0.717, 1.165) is 0 Å². The molecule has 0 aromatic heterocycles. The van der Waals surface area contributed by atoms with Gasteiger partial charge >= 0.3 is 0 Å². The summed E-state index contributed by atoms with van der Waals surface area (Å²) < 4.78 is 42.9. The van der Waals surface area contributed by atoms with Crippen molar-refractivity contribution in [3.63, 3.8) is 0 Å². The summed E-state index contributed by atoms with van der Waals surface area (Å²) in [6.45, 7) is 3.51. The van der Waals surface area contributed by atoms with E-state index in [2.05, 4.69) is 5.32 Å². The van der Waals surface area contributed by atoms with Gasteiger partial charge in [0.05, 0.1) is 31.3 Å². The molecule has 1 amide bonds. The number of nitrogens with zero attached hydrogens (tertiary/aromatic N) is 1. The van der Waals surface area contributed by atoms with Crippen LogP contribution in [0.3, 0.4) is 0 Å². The van der Waals surface area contributed by atoms with E-state index in [0.29, 0.717) is 43.4 Å². The van der Waals surface area contributed by atoms with Crippen LogP contribution in [0.1, 0.15) is 17.3 Å². The van der Waals surface area contributed by atoms with E-state index in [1.54, 1.807) is 19.2 Å². The molecule has 3 rings (SSSR count). The second-order valence-electron chi connectivity index (χ2n) is 6.88. The fourth-order valence-electron chi connectivity index (χ4n) is 3.02. The van der Waals surface area contributed by atoms with Gasteiger partial charge in [0.15, 0.2) is 11.5 Å². The topological polar surface area (TPSA) is 94.2 Å². The van der Waals surface area contributed by atoms with Gasteiger partial charge in [-0.1, -0.05) is 12.1 Å². The van der Waals surface area contributed by atoms with Crippen LogP contribution in [-0.4, -0.2) is 64.7 Å². The Morgan fingerprint density at radius 1 is 1.10 bits per heavy atom. The first kappa shape index (κ1) is 22.1. The molecule has 0 aliphatic carbocycles. The highest BCUT2D eigenvalue weighted by Crippen LogP contribution is 2.25. The summed E-state index contributed by atoms with van der Waals surface area (Å²) in [5.74, 6) is 0.910.